The number of nitrogens with one attached hydrogen (secondary N) is 1. The Labute approximate surface area is 79.2 Å². The normalized spacial score (nSPS) is 9.75. The maximum absolute atomic E-state index is 4.74. The smallest absolute Gasteiger partial charge is 0.130 e. The SMILES string of the molecule is CCCCNC.COC([SiH3])OC. The molecule has 0 bridgehead atoms. The van der Waals surface area contributed by atoms with E-state index in [1.807, 2.05) is 7.05 Å². The molecule has 12 heavy (non-hydrogen) atoms. The Hall–Kier alpha value is 0.0969. The van der Waals surface area contributed by atoms with E-state index in [-0.39, 0.29) is 5.91 Å². The fourth-order valence-corrected chi connectivity index (χ4v) is 0.450. The molecule has 0 amide bonds. The summed E-state index contributed by atoms with van der Waals surface area (Å²) in [5.74, 6) is 0.0741. The van der Waals surface area contributed by atoms with E-state index in [0.717, 1.165) is 16.8 Å². The van der Waals surface area contributed by atoms with Crippen molar-refractivity contribution in [1.29, 1.82) is 0 Å². The third-order valence-electron chi connectivity index (χ3n) is 1.44. The van der Waals surface area contributed by atoms with E-state index in [4.69, 9.17) is 9.47 Å². The van der Waals surface area contributed by atoms with Crippen LogP contribution in [0.4, 0.5) is 0 Å². The fraction of sp³-hybridized carbons (Fsp3) is 1.00. The molecule has 76 valence electrons. The van der Waals surface area contributed by atoms with Crippen LogP contribution < -0.4 is 5.32 Å². The summed E-state index contributed by atoms with van der Waals surface area (Å²) >= 11 is 0. The van der Waals surface area contributed by atoms with Crippen LogP contribution in [0.2, 0.25) is 0 Å². The second-order valence-electron chi connectivity index (χ2n) is 2.50. The summed E-state index contributed by atoms with van der Waals surface area (Å²) < 4.78 is 9.48. The minimum Gasteiger partial charge on any atom is -0.361 e. The summed E-state index contributed by atoms with van der Waals surface area (Å²) in [7, 11) is 6.21. The maximum atomic E-state index is 4.74. The van der Waals surface area contributed by atoms with Crippen molar-refractivity contribution in [2.45, 2.75) is 25.7 Å². The van der Waals surface area contributed by atoms with Crippen LogP contribution in [0, 0.1) is 0 Å². The molecule has 4 heteroatoms. The second kappa shape index (κ2) is 13.7. The Morgan fingerprint density at radius 2 is 1.83 bits per heavy atom. The highest BCUT2D eigenvalue weighted by molar-refractivity contribution is 6.09. The molecule has 0 atom stereocenters. The van der Waals surface area contributed by atoms with E-state index >= 15 is 0 Å². The van der Waals surface area contributed by atoms with Gasteiger partial charge in [0.1, 0.15) is 5.91 Å². The molecule has 0 saturated carbocycles. The summed E-state index contributed by atoms with van der Waals surface area (Å²) in [4.78, 5) is 0. The Balaban J connectivity index is 0. The molecule has 0 saturated heterocycles. The molecule has 1 N–H and O–H groups in total. The van der Waals surface area contributed by atoms with Gasteiger partial charge in [-0.1, -0.05) is 13.3 Å². The molecule has 0 rings (SSSR count). The van der Waals surface area contributed by atoms with Crippen molar-refractivity contribution in [3.63, 3.8) is 0 Å². The van der Waals surface area contributed by atoms with Crippen molar-refractivity contribution in [2.75, 3.05) is 27.8 Å². The lowest BCUT2D eigenvalue weighted by Gasteiger charge is -2.03. The molecule has 0 heterocycles. The van der Waals surface area contributed by atoms with E-state index in [0.29, 0.717) is 0 Å². The minimum atomic E-state index is 0.0741. The number of rotatable bonds is 5. The molecule has 0 unspecified atom stereocenters. The number of ether oxygens (including phenoxy) is 2. The van der Waals surface area contributed by atoms with E-state index in [2.05, 4.69) is 12.2 Å². The molecule has 0 aliphatic rings. The minimum absolute atomic E-state index is 0.0741. The Morgan fingerprint density at radius 1 is 1.33 bits per heavy atom. The predicted molar refractivity (Wildman–Crippen MR) is 56.6 cm³/mol. The predicted octanol–water partition coefficient (Wildman–Crippen LogP) is -0.0659. The van der Waals surface area contributed by atoms with E-state index in [1.165, 1.54) is 12.8 Å². The van der Waals surface area contributed by atoms with Gasteiger partial charge in [-0.25, -0.2) is 0 Å². The van der Waals surface area contributed by atoms with Gasteiger partial charge in [0.25, 0.3) is 0 Å². The zero-order valence-electron chi connectivity index (χ0n) is 9.02. The van der Waals surface area contributed by atoms with Crippen LogP contribution in [-0.2, 0) is 9.47 Å². The van der Waals surface area contributed by atoms with Crippen molar-refractivity contribution < 1.29 is 9.47 Å². The highest BCUT2D eigenvalue weighted by Crippen LogP contribution is 1.79. The van der Waals surface area contributed by atoms with Gasteiger partial charge in [0, 0.05) is 14.2 Å². The standard InChI is InChI=1S/C5H13N.C3H10O2Si/c1-3-4-5-6-2;1-4-3(6)5-2/h6H,3-5H2,1-2H3;3H,1-2,6H3. The zero-order chi connectivity index (χ0) is 9.82. The lowest BCUT2D eigenvalue weighted by atomic mass is 10.3. The highest BCUT2D eigenvalue weighted by atomic mass is 28.1. The summed E-state index contributed by atoms with van der Waals surface area (Å²) in [6.45, 7) is 3.36. The van der Waals surface area contributed by atoms with Gasteiger partial charge in [-0.05, 0) is 20.0 Å². The molecular weight excluding hydrogens is 170 g/mol. The average molecular weight is 193 g/mol. The highest BCUT2D eigenvalue weighted by Gasteiger charge is 1.87. The topological polar surface area (TPSA) is 30.5 Å². The molecule has 0 spiro atoms. The van der Waals surface area contributed by atoms with Crippen LogP contribution in [0.3, 0.4) is 0 Å². The Kier molecular flexibility index (Phi) is 16.6. The van der Waals surface area contributed by atoms with Gasteiger partial charge in [-0.15, -0.1) is 0 Å². The monoisotopic (exact) mass is 193 g/mol. The molecule has 0 aliphatic carbocycles. The van der Waals surface area contributed by atoms with Crippen LogP contribution >= 0.6 is 0 Å². The first kappa shape index (κ1) is 14.6. The van der Waals surface area contributed by atoms with Crippen LogP contribution in [0.15, 0.2) is 0 Å². The molecule has 0 radical (unpaired) electrons. The molecular formula is C8H23NO2Si. The van der Waals surface area contributed by atoms with Crippen LogP contribution in [-0.4, -0.2) is 44.0 Å². The van der Waals surface area contributed by atoms with Crippen LogP contribution in [0.1, 0.15) is 19.8 Å². The lowest BCUT2D eigenvalue weighted by Crippen LogP contribution is -2.11. The third kappa shape index (κ3) is 16.6. The zero-order valence-corrected chi connectivity index (χ0v) is 11.0. The Morgan fingerprint density at radius 3 is 1.92 bits per heavy atom. The van der Waals surface area contributed by atoms with Gasteiger partial charge in [0.05, 0.1) is 10.2 Å². The van der Waals surface area contributed by atoms with Crippen molar-refractivity contribution in [2.24, 2.45) is 0 Å². The van der Waals surface area contributed by atoms with Gasteiger partial charge in [0.15, 0.2) is 0 Å². The van der Waals surface area contributed by atoms with Gasteiger partial charge < -0.3 is 14.8 Å². The van der Waals surface area contributed by atoms with Crippen molar-refractivity contribution in [3.8, 4) is 0 Å². The summed E-state index contributed by atoms with van der Waals surface area (Å²) in [6, 6.07) is 0. The quantitative estimate of drug-likeness (QED) is 0.377. The van der Waals surface area contributed by atoms with E-state index in [1.54, 1.807) is 14.2 Å². The van der Waals surface area contributed by atoms with Gasteiger partial charge >= 0.3 is 0 Å². The van der Waals surface area contributed by atoms with Crippen LogP contribution in [0.5, 0.6) is 0 Å². The fourth-order valence-electron chi connectivity index (χ4n) is 0.450. The first-order chi connectivity index (χ1) is 5.72. The van der Waals surface area contributed by atoms with Gasteiger partial charge in [-0.2, -0.15) is 0 Å². The van der Waals surface area contributed by atoms with Crippen molar-refractivity contribution in [1.82, 2.24) is 5.32 Å². The van der Waals surface area contributed by atoms with E-state index in [9.17, 15) is 0 Å². The molecule has 3 nitrogen and oxygen atoms in total. The number of hydrogen-bond acceptors (Lipinski definition) is 3. The first-order valence-corrected chi connectivity index (χ1v) is 5.58. The van der Waals surface area contributed by atoms with E-state index < -0.39 is 0 Å². The van der Waals surface area contributed by atoms with Crippen molar-refractivity contribution >= 4 is 10.2 Å². The largest absolute Gasteiger partial charge is 0.361 e. The van der Waals surface area contributed by atoms with Crippen molar-refractivity contribution in [3.05, 3.63) is 0 Å². The number of hydrogen-bond donors (Lipinski definition) is 1. The molecule has 0 aromatic heterocycles. The Bertz CT molecular complexity index is 66.1. The molecule has 0 aromatic rings. The lowest BCUT2D eigenvalue weighted by molar-refractivity contribution is -0.0411. The molecule has 0 aliphatic heterocycles. The summed E-state index contributed by atoms with van der Waals surface area (Å²) in [5, 5.41) is 3.07. The van der Waals surface area contributed by atoms with Gasteiger partial charge in [0.2, 0.25) is 0 Å². The second-order valence-corrected chi connectivity index (χ2v) is 3.44. The first-order valence-electron chi connectivity index (χ1n) is 4.43. The molecule has 0 aromatic carbocycles. The molecule has 0 fully saturated rings. The maximum Gasteiger partial charge on any atom is 0.130 e. The average Bonchev–Trinajstić information content (AvgIpc) is 2.14. The number of unbranched alkanes of at least 4 members (excludes halogenated alkanes) is 1. The number of methoxy groups -OCH3 is 2. The van der Waals surface area contributed by atoms with Crippen LogP contribution in [0.25, 0.3) is 0 Å². The summed E-state index contributed by atoms with van der Waals surface area (Å²) in [5.41, 5.74) is 0. The summed E-state index contributed by atoms with van der Waals surface area (Å²) in [6.07, 6.45) is 2.59. The van der Waals surface area contributed by atoms with Gasteiger partial charge in [-0.3, -0.25) is 0 Å². The third-order valence-corrected chi connectivity index (χ3v) is 2.39.